The van der Waals surface area contributed by atoms with Crippen molar-refractivity contribution in [1.82, 2.24) is 5.16 Å². The number of aryl methyl sites for hydroxylation is 1. The molecule has 3 nitrogen and oxygen atoms in total. The Labute approximate surface area is 85.4 Å². The second kappa shape index (κ2) is 3.38. The first kappa shape index (κ1) is 9.15. The predicted molar refractivity (Wildman–Crippen MR) is 54.6 cm³/mol. The molecular formula is C10H9NO2S. The molecule has 4 heteroatoms. The van der Waals surface area contributed by atoms with Gasteiger partial charge in [-0.05, 0) is 25.3 Å². The molecule has 0 atom stereocenters. The topological polar surface area (TPSA) is 43.1 Å². The van der Waals surface area contributed by atoms with Crippen LogP contribution in [0.15, 0.2) is 22.0 Å². The van der Waals surface area contributed by atoms with Crippen LogP contribution in [0.2, 0.25) is 0 Å². The lowest BCUT2D eigenvalue weighted by atomic mass is 10.1. The van der Waals surface area contributed by atoms with Crippen molar-refractivity contribution in [2.24, 2.45) is 0 Å². The molecule has 72 valence electrons. The SMILES string of the molecule is CC(=O)c1sccc1-c1cc(C)no1. The zero-order valence-electron chi connectivity index (χ0n) is 7.90. The molecule has 0 aliphatic heterocycles. The average molecular weight is 207 g/mol. The molecule has 0 saturated carbocycles. The number of hydrogen-bond acceptors (Lipinski definition) is 4. The third-order valence-electron chi connectivity index (χ3n) is 1.88. The monoisotopic (exact) mass is 207 g/mol. The van der Waals surface area contributed by atoms with E-state index in [0.717, 1.165) is 16.1 Å². The van der Waals surface area contributed by atoms with E-state index in [1.54, 1.807) is 6.92 Å². The Morgan fingerprint density at radius 3 is 2.93 bits per heavy atom. The standard InChI is InChI=1S/C10H9NO2S/c1-6-5-9(13-11-6)8-3-4-14-10(8)7(2)12/h3-5H,1-2H3. The molecule has 0 aliphatic rings. The van der Waals surface area contributed by atoms with Crippen molar-refractivity contribution in [3.05, 3.63) is 28.1 Å². The highest BCUT2D eigenvalue weighted by Crippen LogP contribution is 2.28. The molecule has 14 heavy (non-hydrogen) atoms. The van der Waals surface area contributed by atoms with Gasteiger partial charge in [0.25, 0.3) is 0 Å². The molecule has 2 rings (SSSR count). The Balaban J connectivity index is 2.51. The number of Topliss-reactive ketones (excluding diaryl/α,β-unsaturated/α-hetero) is 1. The van der Waals surface area contributed by atoms with Crippen LogP contribution in [-0.2, 0) is 0 Å². The molecule has 0 amide bonds. The molecule has 0 aliphatic carbocycles. The Morgan fingerprint density at radius 2 is 2.36 bits per heavy atom. The fraction of sp³-hybridized carbons (Fsp3) is 0.200. The van der Waals surface area contributed by atoms with Gasteiger partial charge >= 0.3 is 0 Å². The van der Waals surface area contributed by atoms with E-state index in [-0.39, 0.29) is 5.78 Å². The Hall–Kier alpha value is -1.42. The van der Waals surface area contributed by atoms with E-state index < -0.39 is 0 Å². The van der Waals surface area contributed by atoms with Gasteiger partial charge in [0.05, 0.1) is 10.6 Å². The van der Waals surface area contributed by atoms with Crippen molar-refractivity contribution in [3.8, 4) is 11.3 Å². The molecule has 2 heterocycles. The summed E-state index contributed by atoms with van der Waals surface area (Å²) in [6.45, 7) is 3.41. The van der Waals surface area contributed by atoms with Gasteiger partial charge in [0.1, 0.15) is 0 Å². The average Bonchev–Trinajstić information content (AvgIpc) is 2.70. The molecule has 0 fully saturated rings. The molecule has 2 aromatic rings. The van der Waals surface area contributed by atoms with Gasteiger partial charge in [0, 0.05) is 11.6 Å². The molecule has 0 N–H and O–H groups in total. The molecule has 0 bridgehead atoms. The van der Waals surface area contributed by atoms with Crippen LogP contribution >= 0.6 is 11.3 Å². The summed E-state index contributed by atoms with van der Waals surface area (Å²) in [7, 11) is 0. The van der Waals surface area contributed by atoms with E-state index >= 15 is 0 Å². The maximum absolute atomic E-state index is 11.3. The first-order valence-corrected chi connectivity index (χ1v) is 5.08. The minimum atomic E-state index is 0.0593. The first-order chi connectivity index (χ1) is 6.68. The molecule has 2 aromatic heterocycles. The minimum absolute atomic E-state index is 0.0593. The van der Waals surface area contributed by atoms with Crippen LogP contribution < -0.4 is 0 Å². The summed E-state index contributed by atoms with van der Waals surface area (Å²) < 4.78 is 5.10. The van der Waals surface area contributed by atoms with E-state index in [1.807, 2.05) is 24.4 Å². The molecule has 0 unspecified atom stereocenters. The summed E-state index contributed by atoms with van der Waals surface area (Å²) in [5, 5.41) is 5.67. The van der Waals surface area contributed by atoms with Crippen LogP contribution in [0.5, 0.6) is 0 Å². The van der Waals surface area contributed by atoms with Gasteiger partial charge in [-0.1, -0.05) is 5.16 Å². The van der Waals surface area contributed by atoms with E-state index in [1.165, 1.54) is 11.3 Å². The van der Waals surface area contributed by atoms with Crippen molar-refractivity contribution >= 4 is 17.1 Å². The van der Waals surface area contributed by atoms with Crippen LogP contribution in [-0.4, -0.2) is 10.9 Å². The van der Waals surface area contributed by atoms with Gasteiger partial charge in [0.2, 0.25) is 0 Å². The number of carbonyl (C=O) groups excluding carboxylic acids is 1. The van der Waals surface area contributed by atoms with Crippen molar-refractivity contribution in [2.45, 2.75) is 13.8 Å². The largest absolute Gasteiger partial charge is 0.356 e. The second-order valence-corrected chi connectivity index (χ2v) is 3.97. The number of nitrogens with zero attached hydrogens (tertiary/aromatic N) is 1. The third kappa shape index (κ3) is 1.48. The van der Waals surface area contributed by atoms with Gasteiger partial charge in [-0.2, -0.15) is 0 Å². The maximum Gasteiger partial charge on any atom is 0.170 e. The van der Waals surface area contributed by atoms with Gasteiger partial charge < -0.3 is 4.52 Å². The predicted octanol–water partition coefficient (Wildman–Crippen LogP) is 2.91. The lowest BCUT2D eigenvalue weighted by Gasteiger charge is -1.93. The highest BCUT2D eigenvalue weighted by atomic mass is 32.1. The first-order valence-electron chi connectivity index (χ1n) is 4.20. The number of aromatic nitrogens is 1. The van der Waals surface area contributed by atoms with Crippen molar-refractivity contribution in [2.75, 3.05) is 0 Å². The summed E-state index contributed by atoms with van der Waals surface area (Å²) in [6, 6.07) is 3.70. The summed E-state index contributed by atoms with van der Waals surface area (Å²) >= 11 is 1.42. The van der Waals surface area contributed by atoms with E-state index in [0.29, 0.717) is 5.76 Å². The van der Waals surface area contributed by atoms with Crippen molar-refractivity contribution in [1.29, 1.82) is 0 Å². The van der Waals surface area contributed by atoms with Crippen LogP contribution in [0.4, 0.5) is 0 Å². The smallest absolute Gasteiger partial charge is 0.170 e. The zero-order chi connectivity index (χ0) is 10.1. The third-order valence-corrected chi connectivity index (χ3v) is 2.89. The number of thiophene rings is 1. The number of rotatable bonds is 2. The zero-order valence-corrected chi connectivity index (χ0v) is 8.72. The lowest BCUT2D eigenvalue weighted by Crippen LogP contribution is -1.88. The molecule has 0 saturated heterocycles. The van der Waals surface area contributed by atoms with Crippen LogP contribution in [0.1, 0.15) is 22.3 Å². The van der Waals surface area contributed by atoms with Gasteiger partial charge in [-0.25, -0.2) is 0 Å². The fourth-order valence-corrected chi connectivity index (χ4v) is 2.07. The summed E-state index contributed by atoms with van der Waals surface area (Å²) in [5.74, 6) is 0.720. The highest BCUT2D eigenvalue weighted by Gasteiger charge is 2.13. The Morgan fingerprint density at radius 1 is 1.57 bits per heavy atom. The van der Waals surface area contributed by atoms with Crippen molar-refractivity contribution < 1.29 is 9.32 Å². The summed E-state index contributed by atoms with van der Waals surface area (Å²) in [4.78, 5) is 12.0. The molecular weight excluding hydrogens is 198 g/mol. The van der Waals surface area contributed by atoms with E-state index in [9.17, 15) is 4.79 Å². The van der Waals surface area contributed by atoms with Crippen LogP contribution in [0.25, 0.3) is 11.3 Å². The van der Waals surface area contributed by atoms with Gasteiger partial charge in [0.15, 0.2) is 11.5 Å². The molecule has 0 radical (unpaired) electrons. The quantitative estimate of drug-likeness (QED) is 0.711. The summed E-state index contributed by atoms with van der Waals surface area (Å²) in [5.41, 5.74) is 1.66. The van der Waals surface area contributed by atoms with Crippen LogP contribution in [0, 0.1) is 6.92 Å². The maximum atomic E-state index is 11.3. The lowest BCUT2D eigenvalue weighted by molar-refractivity contribution is 0.102. The van der Waals surface area contributed by atoms with Gasteiger partial charge in [-0.3, -0.25) is 4.79 Å². The minimum Gasteiger partial charge on any atom is -0.356 e. The highest BCUT2D eigenvalue weighted by molar-refractivity contribution is 7.12. The summed E-state index contributed by atoms with van der Waals surface area (Å²) in [6.07, 6.45) is 0. The van der Waals surface area contributed by atoms with Crippen molar-refractivity contribution in [3.63, 3.8) is 0 Å². The number of ketones is 1. The van der Waals surface area contributed by atoms with Gasteiger partial charge in [-0.15, -0.1) is 11.3 Å². The van der Waals surface area contributed by atoms with E-state index in [4.69, 9.17) is 4.52 Å². The number of carbonyl (C=O) groups is 1. The van der Waals surface area contributed by atoms with E-state index in [2.05, 4.69) is 5.16 Å². The normalized spacial score (nSPS) is 10.4. The van der Waals surface area contributed by atoms with Crippen LogP contribution in [0.3, 0.4) is 0 Å². The Bertz CT molecular complexity index is 470. The molecule has 0 spiro atoms. The fourth-order valence-electron chi connectivity index (χ4n) is 1.27. The number of hydrogen-bond donors (Lipinski definition) is 0. The molecule has 0 aromatic carbocycles. The second-order valence-electron chi connectivity index (χ2n) is 3.05. The Kier molecular flexibility index (Phi) is 2.21.